The van der Waals surface area contributed by atoms with Crippen molar-refractivity contribution < 1.29 is 4.74 Å². The summed E-state index contributed by atoms with van der Waals surface area (Å²) < 4.78 is 7.01. The third kappa shape index (κ3) is 4.60. The van der Waals surface area contributed by atoms with E-state index in [1.54, 1.807) is 29.9 Å². The van der Waals surface area contributed by atoms with Gasteiger partial charge in [0.15, 0.2) is 0 Å². The number of rotatable bonds is 9. The van der Waals surface area contributed by atoms with E-state index >= 15 is 0 Å². The maximum absolute atomic E-state index is 5.26. The van der Waals surface area contributed by atoms with E-state index in [-0.39, 0.29) is 0 Å². The molecule has 4 rings (SSSR count). The normalized spacial score (nSPS) is 10.8. The molecule has 29 heavy (non-hydrogen) atoms. The molecule has 7 nitrogen and oxygen atoms in total. The number of H-pyrrole nitrogens is 1. The van der Waals surface area contributed by atoms with Gasteiger partial charge in [0.05, 0.1) is 12.8 Å². The lowest BCUT2D eigenvalue weighted by atomic mass is 10.1. The van der Waals surface area contributed by atoms with Crippen molar-refractivity contribution in [2.45, 2.75) is 11.4 Å². The third-order valence-electron chi connectivity index (χ3n) is 4.40. The fourth-order valence-corrected chi connectivity index (χ4v) is 3.87. The number of benzene rings is 2. The van der Waals surface area contributed by atoms with E-state index in [1.165, 1.54) is 6.33 Å². The van der Waals surface area contributed by atoms with Gasteiger partial charge in [-0.15, -0.1) is 11.8 Å². The molecular formula is C21H22N6OS. The SMILES string of the molecule is COc1ccc(-c2[nH]nc(SCCCNc3ccccc3)c2-n2cncn2)cc1. The van der Waals surface area contributed by atoms with Crippen LogP contribution >= 0.6 is 11.8 Å². The fourth-order valence-electron chi connectivity index (χ4n) is 2.95. The van der Waals surface area contributed by atoms with Crippen molar-refractivity contribution in [2.24, 2.45) is 0 Å². The fraction of sp³-hybridized carbons (Fsp3) is 0.190. The highest BCUT2D eigenvalue weighted by atomic mass is 32.2. The van der Waals surface area contributed by atoms with E-state index in [0.29, 0.717) is 0 Å². The van der Waals surface area contributed by atoms with Gasteiger partial charge in [-0.25, -0.2) is 9.67 Å². The molecule has 0 aliphatic carbocycles. The zero-order valence-corrected chi connectivity index (χ0v) is 16.9. The molecular weight excluding hydrogens is 384 g/mol. The second kappa shape index (κ2) is 9.29. The standard InChI is InChI=1S/C21H22N6OS/c1-28-18-10-8-16(9-11-18)19-20(27-15-22-14-24-27)21(26-25-19)29-13-5-12-23-17-6-3-2-4-7-17/h2-4,6-11,14-15,23H,5,12-13H2,1H3,(H,25,26). The van der Waals surface area contributed by atoms with Crippen molar-refractivity contribution in [3.05, 3.63) is 67.3 Å². The average molecular weight is 407 g/mol. The Morgan fingerprint density at radius 1 is 1.10 bits per heavy atom. The molecule has 0 unspecified atom stereocenters. The highest BCUT2D eigenvalue weighted by molar-refractivity contribution is 7.99. The maximum Gasteiger partial charge on any atom is 0.144 e. The third-order valence-corrected chi connectivity index (χ3v) is 5.45. The summed E-state index contributed by atoms with van der Waals surface area (Å²) in [6.07, 6.45) is 4.24. The van der Waals surface area contributed by atoms with E-state index in [9.17, 15) is 0 Å². The number of aromatic nitrogens is 5. The summed E-state index contributed by atoms with van der Waals surface area (Å²) in [5, 5.41) is 16.4. The Morgan fingerprint density at radius 3 is 2.66 bits per heavy atom. The van der Waals surface area contributed by atoms with Crippen LogP contribution in [-0.4, -0.2) is 44.4 Å². The summed E-state index contributed by atoms with van der Waals surface area (Å²) in [6, 6.07) is 18.1. The maximum atomic E-state index is 5.26. The van der Waals surface area contributed by atoms with Crippen molar-refractivity contribution in [1.29, 1.82) is 0 Å². The predicted octanol–water partition coefficient (Wildman–Crippen LogP) is 4.26. The topological polar surface area (TPSA) is 80.6 Å². The largest absolute Gasteiger partial charge is 0.497 e. The Labute approximate surface area is 173 Å². The highest BCUT2D eigenvalue weighted by Crippen LogP contribution is 2.33. The molecule has 4 aromatic rings. The van der Waals surface area contributed by atoms with Crippen LogP contribution in [0.5, 0.6) is 5.75 Å². The van der Waals surface area contributed by atoms with Crippen LogP contribution in [0.2, 0.25) is 0 Å². The molecule has 0 atom stereocenters. The van der Waals surface area contributed by atoms with E-state index in [4.69, 9.17) is 4.74 Å². The molecule has 148 valence electrons. The van der Waals surface area contributed by atoms with E-state index in [2.05, 4.69) is 37.7 Å². The monoisotopic (exact) mass is 406 g/mol. The lowest BCUT2D eigenvalue weighted by molar-refractivity contribution is 0.415. The van der Waals surface area contributed by atoms with Gasteiger partial charge in [-0.2, -0.15) is 10.2 Å². The Hall–Kier alpha value is -3.26. The first-order valence-electron chi connectivity index (χ1n) is 9.34. The number of nitrogens with one attached hydrogen (secondary N) is 2. The molecule has 0 fully saturated rings. The number of hydrogen-bond donors (Lipinski definition) is 2. The Balaban J connectivity index is 1.46. The Kier molecular flexibility index (Phi) is 6.11. The van der Waals surface area contributed by atoms with Crippen LogP contribution in [0.1, 0.15) is 6.42 Å². The minimum Gasteiger partial charge on any atom is -0.497 e. The zero-order valence-electron chi connectivity index (χ0n) is 16.1. The van der Waals surface area contributed by atoms with Gasteiger partial charge < -0.3 is 10.1 Å². The van der Waals surface area contributed by atoms with Crippen LogP contribution in [0.3, 0.4) is 0 Å². The molecule has 0 radical (unpaired) electrons. The number of anilines is 1. The molecule has 2 N–H and O–H groups in total. The highest BCUT2D eigenvalue weighted by Gasteiger charge is 2.18. The predicted molar refractivity (Wildman–Crippen MR) is 116 cm³/mol. The second-order valence-electron chi connectivity index (χ2n) is 6.32. The van der Waals surface area contributed by atoms with Crippen LogP contribution in [0, 0.1) is 0 Å². The number of methoxy groups -OCH3 is 1. The summed E-state index contributed by atoms with van der Waals surface area (Å²) in [6.45, 7) is 0.908. The Bertz CT molecular complexity index is 1020. The van der Waals surface area contributed by atoms with Crippen molar-refractivity contribution in [3.8, 4) is 22.7 Å². The van der Waals surface area contributed by atoms with Gasteiger partial charge in [-0.3, -0.25) is 5.10 Å². The molecule has 2 heterocycles. The van der Waals surface area contributed by atoms with Gasteiger partial charge in [0.25, 0.3) is 0 Å². The molecule has 0 aliphatic rings. The van der Waals surface area contributed by atoms with Crippen molar-refractivity contribution in [1.82, 2.24) is 25.0 Å². The number of thioether (sulfide) groups is 1. The van der Waals surface area contributed by atoms with Crippen molar-refractivity contribution >= 4 is 17.4 Å². The number of nitrogens with zero attached hydrogens (tertiary/aromatic N) is 4. The minimum atomic E-state index is 0.816. The van der Waals surface area contributed by atoms with Crippen LogP contribution in [-0.2, 0) is 0 Å². The average Bonchev–Trinajstić information content (AvgIpc) is 3.44. The van der Waals surface area contributed by atoms with Gasteiger partial charge in [0.2, 0.25) is 0 Å². The first kappa shape index (κ1) is 19.1. The first-order valence-corrected chi connectivity index (χ1v) is 10.3. The van der Waals surface area contributed by atoms with Gasteiger partial charge in [-0.05, 0) is 42.8 Å². The molecule has 0 aliphatic heterocycles. The molecule has 0 amide bonds. The summed E-state index contributed by atoms with van der Waals surface area (Å²) in [7, 11) is 1.66. The van der Waals surface area contributed by atoms with Crippen LogP contribution in [0.25, 0.3) is 16.9 Å². The number of ether oxygens (including phenoxy) is 1. The molecule has 0 bridgehead atoms. The Morgan fingerprint density at radius 2 is 1.93 bits per heavy atom. The summed E-state index contributed by atoms with van der Waals surface area (Å²) in [4.78, 5) is 4.10. The lowest BCUT2D eigenvalue weighted by Crippen LogP contribution is -2.02. The van der Waals surface area contributed by atoms with Gasteiger partial charge in [-0.1, -0.05) is 18.2 Å². The summed E-state index contributed by atoms with van der Waals surface area (Å²) in [5.74, 6) is 1.75. The van der Waals surface area contributed by atoms with E-state index in [1.807, 2.05) is 42.5 Å². The first-order chi connectivity index (χ1) is 14.3. The lowest BCUT2D eigenvalue weighted by Gasteiger charge is -2.07. The molecule has 8 heteroatoms. The minimum absolute atomic E-state index is 0.816. The zero-order chi connectivity index (χ0) is 19.9. The molecule has 0 saturated heterocycles. The molecule has 2 aromatic heterocycles. The van der Waals surface area contributed by atoms with Crippen LogP contribution in [0.15, 0.2) is 72.3 Å². The van der Waals surface area contributed by atoms with Crippen molar-refractivity contribution in [3.63, 3.8) is 0 Å². The molecule has 0 spiro atoms. The number of para-hydroxylation sites is 1. The van der Waals surface area contributed by atoms with Gasteiger partial charge in [0, 0.05) is 23.5 Å². The van der Waals surface area contributed by atoms with Gasteiger partial charge in [0.1, 0.15) is 29.1 Å². The molecule has 2 aromatic carbocycles. The number of aromatic amines is 1. The van der Waals surface area contributed by atoms with Gasteiger partial charge >= 0.3 is 0 Å². The van der Waals surface area contributed by atoms with E-state index < -0.39 is 0 Å². The quantitative estimate of drug-likeness (QED) is 0.319. The van der Waals surface area contributed by atoms with E-state index in [0.717, 1.165) is 52.1 Å². The number of hydrogen-bond acceptors (Lipinski definition) is 6. The second-order valence-corrected chi connectivity index (χ2v) is 7.40. The summed E-state index contributed by atoms with van der Waals surface area (Å²) >= 11 is 1.71. The summed E-state index contributed by atoms with van der Waals surface area (Å²) in [5.41, 5.74) is 3.97. The van der Waals surface area contributed by atoms with Crippen LogP contribution in [0.4, 0.5) is 5.69 Å². The smallest absolute Gasteiger partial charge is 0.144 e. The van der Waals surface area contributed by atoms with Crippen LogP contribution < -0.4 is 10.1 Å². The molecule has 0 saturated carbocycles. The van der Waals surface area contributed by atoms with Crippen molar-refractivity contribution in [2.75, 3.05) is 24.7 Å².